The molecule has 1 aromatic heterocycles. The van der Waals surface area contributed by atoms with Crippen LogP contribution in [0, 0.1) is 6.92 Å². The van der Waals surface area contributed by atoms with E-state index in [0.29, 0.717) is 0 Å². The van der Waals surface area contributed by atoms with Gasteiger partial charge in [-0.25, -0.2) is 0 Å². The van der Waals surface area contributed by atoms with Crippen molar-refractivity contribution >= 4 is 10.9 Å². The van der Waals surface area contributed by atoms with Gasteiger partial charge in [0.1, 0.15) is 0 Å². The summed E-state index contributed by atoms with van der Waals surface area (Å²) in [6.45, 7) is 2.25. The number of aliphatic hydroxyl groups is 1. The van der Waals surface area contributed by atoms with Crippen molar-refractivity contribution in [3.63, 3.8) is 0 Å². The van der Waals surface area contributed by atoms with Gasteiger partial charge in [-0.2, -0.15) is 0 Å². The molecule has 20 heavy (non-hydrogen) atoms. The fourth-order valence-electron chi connectivity index (χ4n) is 3.04. The lowest BCUT2D eigenvalue weighted by Gasteiger charge is -2.16. The van der Waals surface area contributed by atoms with Gasteiger partial charge in [0.25, 0.3) is 0 Å². The number of aryl methyl sites for hydroxylation is 1. The molecule has 2 nitrogen and oxygen atoms in total. The molecule has 0 saturated heterocycles. The van der Waals surface area contributed by atoms with Crippen molar-refractivity contribution in [2.45, 2.75) is 12.8 Å². The van der Waals surface area contributed by atoms with Crippen LogP contribution in [0.3, 0.4) is 0 Å². The highest BCUT2D eigenvalue weighted by Crippen LogP contribution is 2.34. The smallest absolute Gasteiger partial charge is 0.0541 e. The van der Waals surface area contributed by atoms with E-state index in [0.717, 1.165) is 5.56 Å². The van der Waals surface area contributed by atoms with E-state index in [9.17, 15) is 5.11 Å². The Bertz CT molecular complexity index is 728. The third-order valence-electron chi connectivity index (χ3n) is 4.18. The molecule has 2 heteroatoms. The van der Waals surface area contributed by atoms with Crippen LogP contribution in [0.15, 0.2) is 54.6 Å². The number of fused-ring (bicyclic) bond motifs is 1. The molecule has 1 unspecified atom stereocenters. The Balaban J connectivity index is 2.25. The Morgan fingerprint density at radius 1 is 1.00 bits per heavy atom. The van der Waals surface area contributed by atoms with Crippen LogP contribution < -0.4 is 0 Å². The fourth-order valence-corrected chi connectivity index (χ4v) is 3.04. The first-order valence-corrected chi connectivity index (χ1v) is 6.93. The molecule has 0 aliphatic carbocycles. The number of para-hydroxylation sites is 1. The molecular weight excluding hydrogens is 246 g/mol. The zero-order chi connectivity index (χ0) is 14.1. The second-order valence-corrected chi connectivity index (χ2v) is 5.22. The first-order chi connectivity index (χ1) is 9.74. The molecule has 0 bridgehead atoms. The number of aliphatic hydroxyl groups excluding tert-OH is 1. The average Bonchev–Trinajstić information content (AvgIpc) is 2.75. The van der Waals surface area contributed by atoms with Crippen molar-refractivity contribution in [3.05, 3.63) is 71.4 Å². The molecule has 0 saturated carbocycles. The maximum atomic E-state index is 9.92. The quantitative estimate of drug-likeness (QED) is 0.769. The van der Waals surface area contributed by atoms with Crippen LogP contribution in [-0.2, 0) is 7.05 Å². The van der Waals surface area contributed by atoms with E-state index in [2.05, 4.69) is 54.9 Å². The number of hydrogen-bond acceptors (Lipinski definition) is 1. The molecule has 0 aliphatic heterocycles. The Morgan fingerprint density at radius 3 is 2.35 bits per heavy atom. The van der Waals surface area contributed by atoms with Gasteiger partial charge in [0.05, 0.1) is 6.61 Å². The normalized spacial score (nSPS) is 12.8. The molecular formula is C18H19NO. The highest BCUT2D eigenvalue weighted by atomic mass is 16.3. The highest BCUT2D eigenvalue weighted by Gasteiger charge is 2.21. The Hall–Kier alpha value is -2.06. The minimum atomic E-state index is 0.0299. The van der Waals surface area contributed by atoms with Gasteiger partial charge in [0.2, 0.25) is 0 Å². The number of benzene rings is 2. The molecule has 3 rings (SSSR count). The summed E-state index contributed by atoms with van der Waals surface area (Å²) in [5, 5.41) is 11.1. The second kappa shape index (κ2) is 5.14. The minimum Gasteiger partial charge on any atom is -0.395 e. The first kappa shape index (κ1) is 12.9. The van der Waals surface area contributed by atoms with E-state index in [-0.39, 0.29) is 12.5 Å². The van der Waals surface area contributed by atoms with Crippen molar-refractivity contribution in [1.82, 2.24) is 4.57 Å². The molecule has 1 N–H and O–H groups in total. The topological polar surface area (TPSA) is 25.2 Å². The number of aromatic nitrogens is 1. The molecule has 0 spiro atoms. The lowest BCUT2D eigenvalue weighted by molar-refractivity contribution is 0.280. The highest BCUT2D eigenvalue weighted by molar-refractivity contribution is 5.86. The van der Waals surface area contributed by atoms with Crippen LogP contribution >= 0.6 is 0 Å². The van der Waals surface area contributed by atoms with Gasteiger partial charge < -0.3 is 9.67 Å². The van der Waals surface area contributed by atoms with Gasteiger partial charge in [-0.1, -0.05) is 48.5 Å². The van der Waals surface area contributed by atoms with Crippen molar-refractivity contribution in [3.8, 4) is 0 Å². The van der Waals surface area contributed by atoms with Gasteiger partial charge in [0, 0.05) is 29.6 Å². The Morgan fingerprint density at radius 2 is 1.65 bits per heavy atom. The van der Waals surface area contributed by atoms with Crippen molar-refractivity contribution < 1.29 is 5.11 Å². The van der Waals surface area contributed by atoms with Crippen LogP contribution in [0.2, 0.25) is 0 Å². The van der Waals surface area contributed by atoms with Gasteiger partial charge >= 0.3 is 0 Å². The molecule has 1 heterocycles. The van der Waals surface area contributed by atoms with Crippen LogP contribution in [-0.4, -0.2) is 16.3 Å². The van der Waals surface area contributed by atoms with Gasteiger partial charge in [-0.15, -0.1) is 0 Å². The Kier molecular flexibility index (Phi) is 3.33. The summed E-state index contributed by atoms with van der Waals surface area (Å²) in [5.74, 6) is 0.0299. The van der Waals surface area contributed by atoms with E-state index >= 15 is 0 Å². The maximum absolute atomic E-state index is 9.92. The standard InChI is InChI=1S/C18H19NO/c1-13-18(15-10-6-7-11-17(15)19(13)2)16(12-20)14-8-4-3-5-9-14/h3-11,16,20H,12H2,1-2H3. The van der Waals surface area contributed by atoms with Gasteiger partial charge in [0.15, 0.2) is 0 Å². The summed E-state index contributed by atoms with van der Waals surface area (Å²) in [6.07, 6.45) is 0. The van der Waals surface area contributed by atoms with E-state index in [1.165, 1.54) is 22.2 Å². The predicted molar refractivity (Wildman–Crippen MR) is 83.0 cm³/mol. The zero-order valence-corrected chi connectivity index (χ0v) is 11.9. The third kappa shape index (κ3) is 1.93. The van der Waals surface area contributed by atoms with Gasteiger partial charge in [-0.05, 0) is 24.1 Å². The number of hydrogen-bond donors (Lipinski definition) is 1. The molecule has 0 radical (unpaired) electrons. The summed E-state index contributed by atoms with van der Waals surface area (Å²) in [7, 11) is 2.08. The molecule has 0 amide bonds. The minimum absolute atomic E-state index is 0.0299. The van der Waals surface area contributed by atoms with E-state index in [1.807, 2.05) is 18.2 Å². The SMILES string of the molecule is Cc1c(C(CO)c2ccccc2)c2ccccc2n1C. The van der Waals surface area contributed by atoms with Crippen LogP contribution in [0.4, 0.5) is 0 Å². The molecule has 2 aromatic carbocycles. The van der Waals surface area contributed by atoms with Crippen molar-refractivity contribution in [2.75, 3.05) is 6.61 Å². The first-order valence-electron chi connectivity index (χ1n) is 6.93. The summed E-state index contributed by atoms with van der Waals surface area (Å²) >= 11 is 0. The maximum Gasteiger partial charge on any atom is 0.0541 e. The predicted octanol–water partition coefficient (Wildman–Crippen LogP) is 3.61. The molecule has 3 aromatic rings. The monoisotopic (exact) mass is 265 g/mol. The van der Waals surface area contributed by atoms with Crippen LogP contribution in [0.5, 0.6) is 0 Å². The molecule has 0 fully saturated rings. The lowest BCUT2D eigenvalue weighted by Crippen LogP contribution is -2.07. The molecule has 102 valence electrons. The summed E-state index contributed by atoms with van der Waals surface area (Å²) < 4.78 is 2.20. The van der Waals surface area contributed by atoms with E-state index in [4.69, 9.17) is 0 Å². The summed E-state index contributed by atoms with van der Waals surface area (Å²) in [4.78, 5) is 0. The van der Waals surface area contributed by atoms with Crippen molar-refractivity contribution in [2.24, 2.45) is 7.05 Å². The Labute approximate surface area is 119 Å². The van der Waals surface area contributed by atoms with Gasteiger partial charge in [-0.3, -0.25) is 0 Å². The molecule has 1 atom stereocenters. The van der Waals surface area contributed by atoms with Crippen LogP contribution in [0.25, 0.3) is 10.9 Å². The van der Waals surface area contributed by atoms with Crippen LogP contribution in [0.1, 0.15) is 22.7 Å². The fraction of sp³-hybridized carbons (Fsp3) is 0.222. The van der Waals surface area contributed by atoms with E-state index < -0.39 is 0 Å². The van der Waals surface area contributed by atoms with Crippen molar-refractivity contribution in [1.29, 1.82) is 0 Å². The zero-order valence-electron chi connectivity index (χ0n) is 11.9. The van der Waals surface area contributed by atoms with E-state index in [1.54, 1.807) is 0 Å². The third-order valence-corrected chi connectivity index (χ3v) is 4.18. The number of rotatable bonds is 3. The summed E-state index contributed by atoms with van der Waals surface area (Å²) in [6, 6.07) is 18.6. The summed E-state index contributed by atoms with van der Waals surface area (Å²) in [5.41, 5.74) is 4.83. The largest absolute Gasteiger partial charge is 0.395 e. The average molecular weight is 265 g/mol. The number of nitrogens with zero attached hydrogens (tertiary/aromatic N) is 1. The lowest BCUT2D eigenvalue weighted by atomic mass is 9.90. The molecule has 0 aliphatic rings. The second-order valence-electron chi connectivity index (χ2n) is 5.22.